The number of fused-ring (bicyclic) bond motifs is 1. The van der Waals surface area contributed by atoms with E-state index in [1.807, 2.05) is 6.07 Å². The fraction of sp³-hybridized carbons (Fsp3) is 0.625. The monoisotopic (exact) mass is 307 g/mol. The molecule has 114 valence electrons. The largest absolute Gasteiger partial charge is 0.481 e. The van der Waals surface area contributed by atoms with Gasteiger partial charge >= 0.3 is 5.97 Å². The molecule has 21 heavy (non-hydrogen) atoms. The van der Waals surface area contributed by atoms with Crippen LogP contribution in [-0.4, -0.2) is 23.5 Å². The summed E-state index contributed by atoms with van der Waals surface area (Å²) >= 11 is 1.61. The molecule has 4 nitrogen and oxygen atoms in total. The molecular weight excluding hydrogens is 286 g/mol. The molecule has 0 aliphatic heterocycles. The number of hydrogen-bond donors (Lipinski definition) is 2. The molecular formula is C16H21NO3S. The number of aryl methyl sites for hydroxylation is 2. The molecule has 1 fully saturated rings. The summed E-state index contributed by atoms with van der Waals surface area (Å²) in [6.45, 7) is 0.487. The molecule has 1 heterocycles. The molecule has 1 aromatic heterocycles. The number of thiophene rings is 1. The number of carboxylic acids is 1. The van der Waals surface area contributed by atoms with E-state index in [0.29, 0.717) is 6.54 Å². The molecule has 5 heteroatoms. The van der Waals surface area contributed by atoms with Crippen molar-refractivity contribution in [3.8, 4) is 0 Å². The second-order valence-corrected chi connectivity index (χ2v) is 7.51. The average Bonchev–Trinajstić information content (AvgIpc) is 2.84. The normalized spacial score (nSPS) is 19.4. The van der Waals surface area contributed by atoms with Crippen LogP contribution in [0.4, 0.5) is 0 Å². The quantitative estimate of drug-likeness (QED) is 0.879. The van der Waals surface area contributed by atoms with Crippen LogP contribution in [0.2, 0.25) is 0 Å². The number of nitrogens with one attached hydrogen (secondary N) is 1. The van der Waals surface area contributed by atoms with Crippen molar-refractivity contribution in [3.05, 3.63) is 21.4 Å². The molecule has 2 N–H and O–H groups in total. The fourth-order valence-electron chi connectivity index (χ4n) is 3.37. The molecule has 0 saturated heterocycles. The van der Waals surface area contributed by atoms with E-state index in [1.165, 1.54) is 23.3 Å². The van der Waals surface area contributed by atoms with Crippen molar-refractivity contribution in [2.75, 3.05) is 6.54 Å². The molecule has 0 aromatic carbocycles. The van der Waals surface area contributed by atoms with Crippen LogP contribution in [0.25, 0.3) is 0 Å². The Morgan fingerprint density at radius 3 is 2.62 bits per heavy atom. The second kappa shape index (κ2) is 5.79. The van der Waals surface area contributed by atoms with Crippen LogP contribution in [0.15, 0.2) is 6.07 Å². The number of carboxylic acid groups (broad SMARTS) is 1. The number of aliphatic carboxylic acids is 1. The summed E-state index contributed by atoms with van der Waals surface area (Å²) in [4.78, 5) is 25.4. The van der Waals surface area contributed by atoms with Gasteiger partial charge < -0.3 is 10.4 Å². The smallest absolute Gasteiger partial charge is 0.303 e. The van der Waals surface area contributed by atoms with Crippen LogP contribution in [0.1, 0.15) is 58.6 Å². The van der Waals surface area contributed by atoms with Crippen molar-refractivity contribution in [1.82, 2.24) is 5.32 Å². The first-order chi connectivity index (χ1) is 10.1. The third-order valence-corrected chi connectivity index (χ3v) is 6.02. The Labute approximate surface area is 128 Å². The zero-order valence-electron chi connectivity index (χ0n) is 12.1. The van der Waals surface area contributed by atoms with E-state index in [4.69, 9.17) is 5.11 Å². The summed E-state index contributed by atoms with van der Waals surface area (Å²) in [5.41, 5.74) is 1.12. The van der Waals surface area contributed by atoms with E-state index in [-0.39, 0.29) is 17.7 Å². The van der Waals surface area contributed by atoms with Crippen molar-refractivity contribution >= 4 is 23.2 Å². The van der Waals surface area contributed by atoms with Crippen LogP contribution in [0, 0.1) is 5.41 Å². The average molecular weight is 307 g/mol. The van der Waals surface area contributed by atoms with Crippen molar-refractivity contribution in [2.24, 2.45) is 5.41 Å². The SMILES string of the molecule is O=C(O)CC1(CNC(=O)c2cc3c(s2)CCCC3)CCC1. The van der Waals surface area contributed by atoms with Crippen molar-refractivity contribution in [3.63, 3.8) is 0 Å². The third kappa shape index (κ3) is 3.12. The second-order valence-electron chi connectivity index (χ2n) is 6.37. The van der Waals surface area contributed by atoms with Gasteiger partial charge in [-0.15, -0.1) is 11.3 Å². The lowest BCUT2D eigenvalue weighted by atomic mass is 9.66. The number of amides is 1. The zero-order valence-corrected chi connectivity index (χ0v) is 12.9. The van der Waals surface area contributed by atoms with Crippen molar-refractivity contribution < 1.29 is 14.7 Å². The lowest BCUT2D eigenvalue weighted by molar-refractivity contribution is -0.141. The van der Waals surface area contributed by atoms with E-state index in [1.54, 1.807) is 11.3 Å². The summed E-state index contributed by atoms with van der Waals surface area (Å²) in [7, 11) is 0. The van der Waals surface area contributed by atoms with Crippen molar-refractivity contribution in [1.29, 1.82) is 0 Å². The topological polar surface area (TPSA) is 66.4 Å². The van der Waals surface area contributed by atoms with Gasteiger partial charge in [0.1, 0.15) is 0 Å². The zero-order chi connectivity index (χ0) is 14.9. The number of carbonyl (C=O) groups is 2. The Hall–Kier alpha value is -1.36. The molecule has 0 unspecified atom stereocenters. The van der Waals surface area contributed by atoms with Crippen LogP contribution in [0.3, 0.4) is 0 Å². The highest BCUT2D eigenvalue weighted by Crippen LogP contribution is 2.43. The standard InChI is InChI=1S/C16H21NO3S/c18-14(19)9-16(6-3-7-16)10-17-15(20)13-8-11-4-1-2-5-12(11)21-13/h8H,1-7,9-10H2,(H,17,20)(H,18,19). The summed E-state index contributed by atoms with van der Waals surface area (Å²) in [6, 6.07) is 2.03. The summed E-state index contributed by atoms with van der Waals surface area (Å²) in [6.07, 6.45) is 7.65. The molecule has 0 atom stereocenters. The first-order valence-electron chi connectivity index (χ1n) is 7.70. The van der Waals surface area contributed by atoms with Gasteiger partial charge in [0, 0.05) is 11.4 Å². The van der Waals surface area contributed by atoms with E-state index in [0.717, 1.165) is 37.0 Å². The minimum absolute atomic E-state index is 0.0361. The number of carbonyl (C=O) groups excluding carboxylic acids is 1. The first kappa shape index (κ1) is 14.6. The number of rotatable bonds is 5. The summed E-state index contributed by atoms with van der Waals surface area (Å²) in [5, 5.41) is 12.0. The maximum atomic E-state index is 12.3. The molecule has 2 aliphatic rings. The highest BCUT2D eigenvalue weighted by atomic mass is 32.1. The highest BCUT2D eigenvalue weighted by molar-refractivity contribution is 7.14. The van der Waals surface area contributed by atoms with Crippen LogP contribution in [-0.2, 0) is 17.6 Å². The predicted molar refractivity (Wildman–Crippen MR) is 81.8 cm³/mol. The Kier molecular flexibility index (Phi) is 4.02. The molecule has 1 amide bonds. The molecule has 1 aromatic rings. The number of hydrogen-bond acceptors (Lipinski definition) is 3. The lowest BCUT2D eigenvalue weighted by Crippen LogP contribution is -2.43. The third-order valence-electron chi connectivity index (χ3n) is 4.78. The predicted octanol–water partition coefficient (Wildman–Crippen LogP) is 3.00. The van der Waals surface area contributed by atoms with Gasteiger partial charge in [-0.1, -0.05) is 6.42 Å². The van der Waals surface area contributed by atoms with E-state index in [9.17, 15) is 9.59 Å². The van der Waals surface area contributed by atoms with Crippen LogP contribution < -0.4 is 5.32 Å². The van der Waals surface area contributed by atoms with Gasteiger partial charge in [0.25, 0.3) is 5.91 Å². The molecule has 1 saturated carbocycles. The van der Waals surface area contributed by atoms with Gasteiger partial charge in [-0.05, 0) is 55.6 Å². The van der Waals surface area contributed by atoms with Gasteiger partial charge in [0.05, 0.1) is 11.3 Å². The van der Waals surface area contributed by atoms with Crippen LogP contribution in [0.5, 0.6) is 0 Å². The van der Waals surface area contributed by atoms with Gasteiger partial charge in [0.15, 0.2) is 0 Å². The van der Waals surface area contributed by atoms with Gasteiger partial charge in [-0.25, -0.2) is 0 Å². The Morgan fingerprint density at radius 2 is 2.00 bits per heavy atom. The molecule has 0 spiro atoms. The maximum Gasteiger partial charge on any atom is 0.303 e. The van der Waals surface area contributed by atoms with Gasteiger partial charge in [0.2, 0.25) is 0 Å². The summed E-state index contributed by atoms with van der Waals surface area (Å²) < 4.78 is 0. The van der Waals surface area contributed by atoms with Crippen molar-refractivity contribution in [2.45, 2.75) is 51.4 Å². The molecule has 0 bridgehead atoms. The van der Waals surface area contributed by atoms with E-state index in [2.05, 4.69) is 5.32 Å². The minimum Gasteiger partial charge on any atom is -0.481 e. The van der Waals surface area contributed by atoms with E-state index >= 15 is 0 Å². The first-order valence-corrected chi connectivity index (χ1v) is 8.51. The Bertz CT molecular complexity index is 536. The maximum absolute atomic E-state index is 12.3. The minimum atomic E-state index is -0.768. The van der Waals surface area contributed by atoms with Gasteiger partial charge in [-0.2, -0.15) is 0 Å². The molecule has 0 radical (unpaired) electrons. The molecule has 3 rings (SSSR count). The highest BCUT2D eigenvalue weighted by Gasteiger charge is 2.39. The van der Waals surface area contributed by atoms with Crippen LogP contribution >= 0.6 is 11.3 Å². The van der Waals surface area contributed by atoms with E-state index < -0.39 is 5.97 Å². The Morgan fingerprint density at radius 1 is 1.24 bits per heavy atom. The molecule has 2 aliphatic carbocycles. The lowest BCUT2D eigenvalue weighted by Gasteiger charge is -2.40. The van der Waals surface area contributed by atoms with Gasteiger partial charge in [-0.3, -0.25) is 9.59 Å². The summed E-state index contributed by atoms with van der Waals surface area (Å²) in [5.74, 6) is -0.804. The Balaban J connectivity index is 1.61. The fourth-order valence-corrected chi connectivity index (χ4v) is 4.54.